The fraction of sp³-hybridized carbons (Fsp3) is 0.741. The van der Waals surface area contributed by atoms with Gasteiger partial charge in [-0.05, 0) is 87.3 Å². The van der Waals surface area contributed by atoms with Crippen LogP contribution in [0.25, 0.3) is 0 Å². The van der Waals surface area contributed by atoms with Gasteiger partial charge in [0.05, 0.1) is 18.1 Å². The van der Waals surface area contributed by atoms with Crippen molar-refractivity contribution in [3.8, 4) is 0 Å². The molecule has 168 valence electrons. The Morgan fingerprint density at radius 2 is 1.90 bits per heavy atom. The van der Waals surface area contributed by atoms with Gasteiger partial charge >= 0.3 is 5.97 Å². The molecule has 1 spiro atoms. The summed E-state index contributed by atoms with van der Waals surface area (Å²) in [6.07, 6.45) is 9.74. The summed E-state index contributed by atoms with van der Waals surface area (Å²) < 4.78 is 12.1. The van der Waals surface area contributed by atoms with Gasteiger partial charge in [0.1, 0.15) is 6.10 Å². The van der Waals surface area contributed by atoms with Crippen LogP contribution in [0.5, 0.6) is 0 Å². The number of esters is 1. The lowest BCUT2D eigenvalue weighted by molar-refractivity contribution is -0.147. The zero-order chi connectivity index (χ0) is 21.1. The zero-order valence-electron chi connectivity index (χ0n) is 18.9. The third-order valence-electron chi connectivity index (χ3n) is 9.61. The topological polar surface area (TPSA) is 42.1 Å². The lowest BCUT2D eigenvalue weighted by Gasteiger charge is -2.51. The van der Waals surface area contributed by atoms with Gasteiger partial charge in [-0.15, -0.1) is 0 Å². The number of nitrogens with zero attached hydrogens (tertiary/aromatic N) is 1. The molecule has 5 aliphatic rings. The molecule has 0 radical (unpaired) electrons. The minimum Gasteiger partial charge on any atom is -0.462 e. The standard InChI is InChI=1S/C27H37NO3/c1-26-10-5-11-27(18-30-27)24(26)15-21-22(25(29)31-23(21)16-26)17-28-12-8-20(9-13-28)14-19-6-3-2-4-7-19/h2-4,6-7,20-24H,5,8-18H2,1H3/t21-,22+,23+,24-,26+,27+/m0/s1. The Hall–Kier alpha value is -1.39. The molecule has 0 unspecified atom stereocenters. The molecule has 5 fully saturated rings. The van der Waals surface area contributed by atoms with E-state index in [1.165, 1.54) is 44.1 Å². The van der Waals surface area contributed by atoms with Gasteiger partial charge in [0.25, 0.3) is 0 Å². The highest BCUT2D eigenvalue weighted by molar-refractivity contribution is 5.75. The van der Waals surface area contributed by atoms with Crippen LogP contribution >= 0.6 is 0 Å². The number of fused-ring (bicyclic) bond motifs is 3. The third-order valence-corrected chi connectivity index (χ3v) is 9.61. The zero-order valence-corrected chi connectivity index (χ0v) is 18.9. The van der Waals surface area contributed by atoms with Crippen molar-refractivity contribution in [1.29, 1.82) is 0 Å². The van der Waals surface area contributed by atoms with Crippen molar-refractivity contribution in [3.05, 3.63) is 35.9 Å². The summed E-state index contributed by atoms with van der Waals surface area (Å²) in [6, 6.07) is 10.9. The highest BCUT2D eigenvalue weighted by Gasteiger charge is 2.65. The van der Waals surface area contributed by atoms with Crippen LogP contribution in [0.3, 0.4) is 0 Å². The molecule has 0 N–H and O–H groups in total. The SMILES string of the molecule is C[C@]12CCC[C@@]3(CO3)[C@H]1C[C@@H]1[C@@H](C2)OC(=O)[C@@H]1CN1CCC(Cc2ccccc2)CC1. The Bertz CT molecular complexity index is 813. The first kappa shape index (κ1) is 20.2. The first-order valence-electron chi connectivity index (χ1n) is 12.7. The summed E-state index contributed by atoms with van der Waals surface area (Å²) in [5.74, 6) is 1.93. The van der Waals surface area contributed by atoms with Crippen LogP contribution in [0.1, 0.15) is 57.4 Å². The molecule has 1 aromatic carbocycles. The Morgan fingerprint density at radius 3 is 2.65 bits per heavy atom. The molecule has 0 amide bonds. The second-order valence-corrected chi connectivity index (χ2v) is 11.5. The first-order chi connectivity index (χ1) is 15.0. The number of likely N-dealkylation sites (tertiary alicyclic amines) is 1. The van der Waals surface area contributed by atoms with E-state index in [1.807, 2.05) is 0 Å². The number of benzene rings is 1. The normalized spacial score (nSPS) is 42.8. The number of rotatable bonds is 4. The molecule has 6 rings (SSSR count). The maximum atomic E-state index is 12.9. The van der Waals surface area contributed by atoms with E-state index in [0.29, 0.717) is 17.3 Å². The Morgan fingerprint density at radius 1 is 1.13 bits per heavy atom. The van der Waals surface area contributed by atoms with E-state index >= 15 is 0 Å². The smallest absolute Gasteiger partial charge is 0.310 e. The molecular weight excluding hydrogens is 386 g/mol. The highest BCUT2D eigenvalue weighted by Crippen LogP contribution is 2.62. The van der Waals surface area contributed by atoms with Crippen molar-refractivity contribution in [3.63, 3.8) is 0 Å². The number of piperidine rings is 1. The van der Waals surface area contributed by atoms with Crippen molar-refractivity contribution < 1.29 is 14.3 Å². The van der Waals surface area contributed by atoms with Gasteiger partial charge in [0.15, 0.2) is 0 Å². The van der Waals surface area contributed by atoms with Crippen molar-refractivity contribution in [2.45, 2.75) is 70.0 Å². The molecular formula is C27H37NO3. The van der Waals surface area contributed by atoms with E-state index < -0.39 is 0 Å². The van der Waals surface area contributed by atoms with Crippen LogP contribution < -0.4 is 0 Å². The molecule has 4 heteroatoms. The average Bonchev–Trinajstić information content (AvgIpc) is 3.47. The number of epoxide rings is 1. The second kappa shape index (κ2) is 7.59. The molecule has 0 aromatic heterocycles. The van der Waals surface area contributed by atoms with E-state index in [9.17, 15) is 4.79 Å². The predicted molar refractivity (Wildman–Crippen MR) is 120 cm³/mol. The van der Waals surface area contributed by atoms with Crippen molar-refractivity contribution in [1.82, 2.24) is 4.90 Å². The summed E-state index contributed by atoms with van der Waals surface area (Å²) in [4.78, 5) is 15.5. The molecule has 0 bridgehead atoms. The molecule has 3 saturated heterocycles. The van der Waals surface area contributed by atoms with E-state index in [0.717, 1.165) is 45.0 Å². The summed E-state index contributed by atoms with van der Waals surface area (Å²) in [7, 11) is 0. The maximum Gasteiger partial charge on any atom is 0.310 e. The van der Waals surface area contributed by atoms with E-state index in [1.54, 1.807) is 0 Å². The summed E-state index contributed by atoms with van der Waals surface area (Å²) in [6.45, 7) is 6.52. The Kier molecular flexibility index (Phi) is 4.95. The van der Waals surface area contributed by atoms with Crippen molar-refractivity contribution >= 4 is 5.97 Å². The number of carbonyl (C=O) groups excluding carboxylic acids is 1. The summed E-state index contributed by atoms with van der Waals surface area (Å²) in [5.41, 5.74) is 1.89. The van der Waals surface area contributed by atoms with Crippen LogP contribution in [0.15, 0.2) is 30.3 Å². The average molecular weight is 424 g/mol. The van der Waals surface area contributed by atoms with Gasteiger partial charge in [0, 0.05) is 12.5 Å². The third kappa shape index (κ3) is 3.64. The molecule has 1 aromatic rings. The molecule has 3 heterocycles. The second-order valence-electron chi connectivity index (χ2n) is 11.5. The predicted octanol–water partition coefficient (Wildman–Crippen LogP) is 4.47. The van der Waals surface area contributed by atoms with Crippen LogP contribution in [0.4, 0.5) is 0 Å². The highest BCUT2D eigenvalue weighted by atomic mass is 16.6. The number of hydrogen-bond donors (Lipinski definition) is 0. The van der Waals surface area contributed by atoms with Gasteiger partial charge in [-0.3, -0.25) is 4.79 Å². The van der Waals surface area contributed by atoms with Gasteiger partial charge in [-0.2, -0.15) is 0 Å². The summed E-state index contributed by atoms with van der Waals surface area (Å²) in [5, 5.41) is 0. The minimum atomic E-state index is 0.0675. The lowest BCUT2D eigenvalue weighted by atomic mass is 9.53. The molecule has 3 aliphatic heterocycles. The van der Waals surface area contributed by atoms with E-state index in [4.69, 9.17) is 9.47 Å². The van der Waals surface area contributed by atoms with Gasteiger partial charge < -0.3 is 14.4 Å². The molecule has 6 atom stereocenters. The quantitative estimate of drug-likeness (QED) is 0.529. The van der Waals surface area contributed by atoms with E-state index in [2.05, 4.69) is 42.2 Å². The van der Waals surface area contributed by atoms with Gasteiger partial charge in [-0.1, -0.05) is 37.3 Å². The summed E-state index contributed by atoms with van der Waals surface area (Å²) >= 11 is 0. The fourth-order valence-corrected chi connectivity index (χ4v) is 7.76. The number of hydrogen-bond acceptors (Lipinski definition) is 4. The maximum absolute atomic E-state index is 12.9. The van der Waals surface area contributed by atoms with Gasteiger partial charge in [-0.25, -0.2) is 0 Å². The number of carbonyl (C=O) groups is 1. The van der Waals surface area contributed by atoms with Gasteiger partial charge in [0.2, 0.25) is 0 Å². The minimum absolute atomic E-state index is 0.0675. The largest absolute Gasteiger partial charge is 0.462 e. The Labute approximate surface area is 186 Å². The Balaban J connectivity index is 1.08. The van der Waals surface area contributed by atoms with Crippen LogP contribution in [-0.4, -0.2) is 48.8 Å². The first-order valence-corrected chi connectivity index (χ1v) is 12.7. The molecule has 31 heavy (non-hydrogen) atoms. The molecule has 4 nitrogen and oxygen atoms in total. The lowest BCUT2D eigenvalue weighted by Crippen LogP contribution is -2.51. The van der Waals surface area contributed by atoms with Crippen LogP contribution in [0.2, 0.25) is 0 Å². The van der Waals surface area contributed by atoms with Crippen molar-refractivity contribution in [2.75, 3.05) is 26.2 Å². The fourth-order valence-electron chi connectivity index (χ4n) is 7.76. The van der Waals surface area contributed by atoms with Crippen LogP contribution in [0, 0.1) is 29.1 Å². The van der Waals surface area contributed by atoms with Crippen molar-refractivity contribution in [2.24, 2.45) is 29.1 Å². The van der Waals surface area contributed by atoms with E-state index in [-0.39, 0.29) is 23.6 Å². The molecule has 2 saturated carbocycles. The number of ether oxygens (including phenoxy) is 2. The molecule has 2 aliphatic carbocycles. The van der Waals surface area contributed by atoms with Crippen LogP contribution in [-0.2, 0) is 20.7 Å². The monoisotopic (exact) mass is 423 g/mol.